The molecule has 0 spiro atoms. The average Bonchev–Trinajstić information content (AvgIpc) is 3.35. The van der Waals surface area contributed by atoms with Crippen molar-refractivity contribution in [1.29, 1.82) is 0 Å². The van der Waals surface area contributed by atoms with Gasteiger partial charge < -0.3 is 4.74 Å². The fourth-order valence-electron chi connectivity index (χ4n) is 3.23. The Morgan fingerprint density at radius 1 is 1.22 bits per heavy atom. The molecule has 0 saturated heterocycles. The van der Waals surface area contributed by atoms with E-state index in [2.05, 4.69) is 25.1 Å². The number of nitrogens with zero attached hydrogens (tertiary/aromatic N) is 4. The number of thiazole rings is 1. The van der Waals surface area contributed by atoms with E-state index in [0.29, 0.717) is 14.7 Å². The fraction of sp³-hybridized carbons (Fsp3) is 0.263. The molecule has 4 aromatic rings. The number of carbonyl (C=O) groups is 1. The lowest BCUT2D eigenvalue weighted by Gasteiger charge is -2.11. The molecule has 0 radical (unpaired) electrons. The first-order valence-electron chi connectivity index (χ1n) is 9.31. The summed E-state index contributed by atoms with van der Waals surface area (Å²) in [5.41, 5.74) is -0.645. The maximum absolute atomic E-state index is 13.5. The molecule has 1 aliphatic rings. The standard InChI is InChI=1S/C19H12F5N5O2S/c20-17(21)31-9-3-4-11-13(5-9)32-18(27-11)28-16(30)10-7-25-29-14(19(22,23)24)6-12(8-1-2-8)26-15(10)29/h3-8,17H,1-2H2,(H,27,28,30). The van der Waals surface area contributed by atoms with Gasteiger partial charge in [-0.3, -0.25) is 10.1 Å². The number of halogens is 5. The number of amides is 1. The summed E-state index contributed by atoms with van der Waals surface area (Å²) in [5, 5.41) is 6.37. The number of nitrogens with one attached hydrogen (secondary N) is 1. The zero-order valence-corrected chi connectivity index (χ0v) is 16.7. The Labute approximate surface area is 179 Å². The molecule has 0 atom stereocenters. The molecule has 0 unspecified atom stereocenters. The lowest BCUT2D eigenvalue weighted by molar-refractivity contribution is -0.142. The van der Waals surface area contributed by atoms with Crippen LogP contribution in [0, 0.1) is 0 Å². The molecule has 0 bridgehead atoms. The minimum atomic E-state index is -4.67. The highest BCUT2D eigenvalue weighted by atomic mass is 32.1. The summed E-state index contributed by atoms with van der Waals surface area (Å²) >= 11 is 0.999. The molecule has 3 heterocycles. The third-order valence-electron chi connectivity index (χ3n) is 4.83. The first-order valence-corrected chi connectivity index (χ1v) is 10.1. The summed E-state index contributed by atoms with van der Waals surface area (Å²) in [6.45, 7) is -2.98. The van der Waals surface area contributed by atoms with E-state index < -0.39 is 24.4 Å². The Morgan fingerprint density at radius 3 is 2.69 bits per heavy atom. The van der Waals surface area contributed by atoms with Crippen LogP contribution in [0.4, 0.5) is 27.1 Å². The summed E-state index contributed by atoms with van der Waals surface area (Å²) in [7, 11) is 0. The normalized spacial score (nSPS) is 14.4. The van der Waals surface area contributed by atoms with E-state index in [4.69, 9.17) is 0 Å². The molecule has 1 aromatic carbocycles. The van der Waals surface area contributed by atoms with Gasteiger partial charge in [0, 0.05) is 11.6 Å². The molecule has 13 heteroatoms. The Kier molecular flexibility index (Phi) is 4.73. The Morgan fingerprint density at radius 2 is 2.00 bits per heavy atom. The summed E-state index contributed by atoms with van der Waals surface area (Å²) in [6, 6.07) is 5.08. The van der Waals surface area contributed by atoms with E-state index >= 15 is 0 Å². The number of alkyl halides is 5. The molecular weight excluding hydrogens is 457 g/mol. The van der Waals surface area contributed by atoms with E-state index in [1.165, 1.54) is 18.2 Å². The van der Waals surface area contributed by atoms with Gasteiger partial charge in [0.2, 0.25) is 0 Å². The first kappa shape index (κ1) is 20.5. The van der Waals surface area contributed by atoms with Gasteiger partial charge in [0.15, 0.2) is 10.8 Å². The van der Waals surface area contributed by atoms with Crippen molar-refractivity contribution in [2.75, 3.05) is 5.32 Å². The van der Waals surface area contributed by atoms with Crippen molar-refractivity contribution in [3.8, 4) is 5.75 Å². The molecule has 7 nitrogen and oxygen atoms in total. The Bertz CT molecular complexity index is 1350. The second-order valence-electron chi connectivity index (χ2n) is 7.11. The predicted molar refractivity (Wildman–Crippen MR) is 104 cm³/mol. The Balaban J connectivity index is 1.48. The van der Waals surface area contributed by atoms with Crippen molar-refractivity contribution >= 4 is 38.2 Å². The van der Waals surface area contributed by atoms with Crippen LogP contribution < -0.4 is 10.1 Å². The van der Waals surface area contributed by atoms with Crippen LogP contribution in [0.2, 0.25) is 0 Å². The van der Waals surface area contributed by atoms with Crippen LogP contribution >= 0.6 is 11.3 Å². The number of carbonyl (C=O) groups excluding carboxylic acids is 1. The molecule has 3 aromatic heterocycles. The van der Waals surface area contributed by atoms with E-state index in [0.717, 1.165) is 36.4 Å². The van der Waals surface area contributed by atoms with Crippen LogP contribution in [0.1, 0.15) is 40.5 Å². The molecule has 32 heavy (non-hydrogen) atoms. The van der Waals surface area contributed by atoms with Gasteiger partial charge in [-0.2, -0.15) is 27.1 Å². The molecular formula is C19H12F5N5O2S. The molecule has 166 valence electrons. The van der Waals surface area contributed by atoms with Gasteiger partial charge in [-0.05, 0) is 37.1 Å². The smallest absolute Gasteiger partial charge is 0.433 e. The minimum Gasteiger partial charge on any atom is -0.435 e. The monoisotopic (exact) mass is 469 g/mol. The maximum Gasteiger partial charge on any atom is 0.433 e. The van der Waals surface area contributed by atoms with Crippen LogP contribution in [0.5, 0.6) is 5.75 Å². The highest BCUT2D eigenvalue weighted by molar-refractivity contribution is 7.22. The van der Waals surface area contributed by atoms with E-state index in [-0.39, 0.29) is 33.7 Å². The molecule has 1 fully saturated rings. The van der Waals surface area contributed by atoms with Gasteiger partial charge in [0.05, 0.1) is 16.4 Å². The average molecular weight is 469 g/mol. The van der Waals surface area contributed by atoms with Crippen molar-refractivity contribution in [2.45, 2.75) is 31.5 Å². The summed E-state index contributed by atoms with van der Waals surface area (Å²) in [4.78, 5) is 21.2. The fourth-order valence-corrected chi connectivity index (χ4v) is 4.12. The van der Waals surface area contributed by atoms with Crippen LogP contribution in [-0.4, -0.2) is 32.1 Å². The second-order valence-corrected chi connectivity index (χ2v) is 8.14. The van der Waals surface area contributed by atoms with Crippen LogP contribution in [-0.2, 0) is 6.18 Å². The third-order valence-corrected chi connectivity index (χ3v) is 5.76. The molecule has 5 rings (SSSR count). The van der Waals surface area contributed by atoms with Gasteiger partial charge in [0.25, 0.3) is 5.91 Å². The van der Waals surface area contributed by atoms with Gasteiger partial charge in [0.1, 0.15) is 17.0 Å². The van der Waals surface area contributed by atoms with E-state index in [1.807, 2.05) is 0 Å². The minimum absolute atomic E-state index is 0.0619. The number of fused-ring (bicyclic) bond motifs is 2. The second kappa shape index (κ2) is 7.36. The lowest BCUT2D eigenvalue weighted by Crippen LogP contribution is -2.16. The maximum atomic E-state index is 13.5. The third kappa shape index (κ3) is 3.83. The van der Waals surface area contributed by atoms with Crippen LogP contribution in [0.3, 0.4) is 0 Å². The number of ether oxygens (including phenoxy) is 1. The van der Waals surface area contributed by atoms with Crippen molar-refractivity contribution in [2.24, 2.45) is 0 Å². The van der Waals surface area contributed by atoms with Gasteiger partial charge in [-0.15, -0.1) is 0 Å². The van der Waals surface area contributed by atoms with Crippen LogP contribution in [0.25, 0.3) is 15.9 Å². The quantitative estimate of drug-likeness (QED) is 0.412. The largest absolute Gasteiger partial charge is 0.435 e. The van der Waals surface area contributed by atoms with Crippen molar-refractivity contribution in [3.63, 3.8) is 0 Å². The molecule has 1 N–H and O–H groups in total. The SMILES string of the molecule is O=C(Nc1nc2ccc(OC(F)F)cc2s1)c1cnn2c(C(F)(F)F)cc(C3CC3)nc12. The predicted octanol–water partition coefficient (Wildman–Crippen LogP) is 5.09. The first-order chi connectivity index (χ1) is 15.2. The van der Waals surface area contributed by atoms with Crippen LogP contribution in [0.15, 0.2) is 30.5 Å². The molecule has 1 amide bonds. The number of aromatic nitrogens is 4. The lowest BCUT2D eigenvalue weighted by atomic mass is 10.2. The number of rotatable bonds is 5. The summed E-state index contributed by atoms with van der Waals surface area (Å²) < 4.78 is 70.7. The topological polar surface area (TPSA) is 81.4 Å². The summed E-state index contributed by atoms with van der Waals surface area (Å²) in [6.07, 6.45) is -2.18. The molecule has 1 aliphatic carbocycles. The van der Waals surface area contributed by atoms with Gasteiger partial charge in [-0.25, -0.2) is 14.5 Å². The van der Waals surface area contributed by atoms with Gasteiger partial charge in [-0.1, -0.05) is 11.3 Å². The number of anilines is 1. The molecule has 0 aliphatic heterocycles. The highest BCUT2D eigenvalue weighted by Gasteiger charge is 2.38. The van der Waals surface area contributed by atoms with Crippen molar-refractivity contribution in [1.82, 2.24) is 19.6 Å². The number of hydrogen-bond donors (Lipinski definition) is 1. The van der Waals surface area contributed by atoms with Gasteiger partial charge >= 0.3 is 12.8 Å². The number of hydrogen-bond acceptors (Lipinski definition) is 6. The molecule has 1 saturated carbocycles. The van der Waals surface area contributed by atoms with Crippen molar-refractivity contribution in [3.05, 3.63) is 47.4 Å². The van der Waals surface area contributed by atoms with E-state index in [1.54, 1.807) is 0 Å². The highest BCUT2D eigenvalue weighted by Crippen LogP contribution is 2.41. The summed E-state index contributed by atoms with van der Waals surface area (Å²) in [5.74, 6) is -0.870. The number of benzene rings is 1. The van der Waals surface area contributed by atoms with Crippen molar-refractivity contribution < 1.29 is 31.5 Å². The zero-order valence-electron chi connectivity index (χ0n) is 15.9. The Hall–Kier alpha value is -3.35. The van der Waals surface area contributed by atoms with E-state index in [9.17, 15) is 26.7 Å². The zero-order chi connectivity index (χ0) is 22.6.